The lowest BCUT2D eigenvalue weighted by Crippen LogP contribution is -2.13. The smallest absolute Gasteiger partial charge is 0.337 e. The Hall–Kier alpha value is -1.85. The number of carboxylic acids is 1. The van der Waals surface area contributed by atoms with Crippen molar-refractivity contribution in [1.82, 2.24) is 0 Å². The minimum absolute atomic E-state index is 0.341. The highest BCUT2D eigenvalue weighted by Gasteiger charge is 2.22. The van der Waals surface area contributed by atoms with Gasteiger partial charge in [0.2, 0.25) is 0 Å². The molecule has 0 aliphatic heterocycles. The third-order valence-corrected chi connectivity index (χ3v) is 4.40. The maximum Gasteiger partial charge on any atom is 0.337 e. The Morgan fingerprint density at radius 3 is 2.38 bits per heavy atom. The Labute approximate surface area is 130 Å². The minimum Gasteiger partial charge on any atom is -0.481 e. The van der Waals surface area contributed by atoms with Crippen molar-refractivity contribution in [1.29, 1.82) is 0 Å². The van der Waals surface area contributed by atoms with Gasteiger partial charge < -0.3 is 9.84 Å². The predicted octanol–water partition coefficient (Wildman–Crippen LogP) is 3.60. The quantitative estimate of drug-likeness (QED) is 0.853. The predicted molar refractivity (Wildman–Crippen MR) is 81.2 cm³/mol. The third kappa shape index (κ3) is 3.83. The molecule has 0 saturated carbocycles. The standard InChI is InChI=1S/C15H13ClO4S/c1-20-15(19)10-4-2-9(3-5-10)8-11(14(17)18)12-6-7-13(16)21-12/h2-7,11H,8H2,1H3,(H,17,18). The fourth-order valence-electron chi connectivity index (χ4n) is 1.96. The lowest BCUT2D eigenvalue weighted by molar-refractivity contribution is -0.138. The zero-order valence-electron chi connectivity index (χ0n) is 11.2. The van der Waals surface area contributed by atoms with Gasteiger partial charge in [0.25, 0.3) is 0 Å². The largest absolute Gasteiger partial charge is 0.481 e. The molecule has 1 heterocycles. The van der Waals surface area contributed by atoms with Crippen LogP contribution in [-0.2, 0) is 16.0 Å². The summed E-state index contributed by atoms with van der Waals surface area (Å²) in [4.78, 5) is 23.5. The molecule has 4 nitrogen and oxygen atoms in total. The van der Waals surface area contributed by atoms with E-state index in [1.54, 1.807) is 36.4 Å². The van der Waals surface area contributed by atoms with Crippen LogP contribution >= 0.6 is 22.9 Å². The van der Waals surface area contributed by atoms with E-state index in [0.29, 0.717) is 21.2 Å². The molecule has 1 N–H and O–H groups in total. The van der Waals surface area contributed by atoms with E-state index in [4.69, 9.17) is 11.6 Å². The van der Waals surface area contributed by atoms with Crippen LogP contribution in [0, 0.1) is 0 Å². The number of hydrogen-bond donors (Lipinski definition) is 1. The van der Waals surface area contributed by atoms with Crippen molar-refractivity contribution in [2.45, 2.75) is 12.3 Å². The van der Waals surface area contributed by atoms with Crippen LogP contribution in [0.1, 0.15) is 26.7 Å². The van der Waals surface area contributed by atoms with Gasteiger partial charge in [-0.05, 0) is 36.2 Å². The number of rotatable bonds is 5. The summed E-state index contributed by atoms with van der Waals surface area (Å²) in [5.41, 5.74) is 1.27. The molecule has 2 aromatic rings. The molecule has 0 fully saturated rings. The molecule has 1 unspecified atom stereocenters. The Balaban J connectivity index is 2.18. The Morgan fingerprint density at radius 2 is 1.90 bits per heavy atom. The van der Waals surface area contributed by atoms with E-state index >= 15 is 0 Å². The molecule has 2 rings (SSSR count). The first-order chi connectivity index (χ1) is 10.0. The van der Waals surface area contributed by atoms with Crippen LogP contribution in [0.5, 0.6) is 0 Å². The van der Waals surface area contributed by atoms with Crippen molar-refractivity contribution in [3.05, 3.63) is 56.7 Å². The van der Waals surface area contributed by atoms with E-state index in [9.17, 15) is 14.7 Å². The van der Waals surface area contributed by atoms with Crippen LogP contribution in [-0.4, -0.2) is 24.2 Å². The first-order valence-corrected chi connectivity index (χ1v) is 7.36. The van der Waals surface area contributed by atoms with Crippen LogP contribution < -0.4 is 0 Å². The summed E-state index contributed by atoms with van der Waals surface area (Å²) in [6.45, 7) is 0. The summed E-state index contributed by atoms with van der Waals surface area (Å²) >= 11 is 7.12. The van der Waals surface area contributed by atoms with Crippen LogP contribution in [0.25, 0.3) is 0 Å². The lowest BCUT2D eigenvalue weighted by Gasteiger charge is -2.10. The van der Waals surface area contributed by atoms with E-state index in [1.807, 2.05) is 0 Å². The molecular weight excluding hydrogens is 312 g/mol. The lowest BCUT2D eigenvalue weighted by atomic mass is 9.97. The summed E-state index contributed by atoms with van der Waals surface area (Å²) in [7, 11) is 1.32. The molecule has 1 atom stereocenters. The zero-order chi connectivity index (χ0) is 15.4. The third-order valence-electron chi connectivity index (χ3n) is 3.05. The van der Waals surface area contributed by atoms with Gasteiger partial charge in [-0.25, -0.2) is 4.79 Å². The molecule has 0 radical (unpaired) electrons. The maximum absolute atomic E-state index is 11.4. The topological polar surface area (TPSA) is 63.6 Å². The fourth-order valence-corrected chi connectivity index (χ4v) is 3.11. The highest BCUT2D eigenvalue weighted by molar-refractivity contribution is 7.16. The number of methoxy groups -OCH3 is 1. The highest BCUT2D eigenvalue weighted by Crippen LogP contribution is 2.30. The molecule has 1 aromatic heterocycles. The summed E-state index contributed by atoms with van der Waals surface area (Å²) in [6.07, 6.45) is 0.341. The number of thiophene rings is 1. The van der Waals surface area contributed by atoms with Crippen LogP contribution in [0.4, 0.5) is 0 Å². The Bertz CT molecular complexity index is 648. The molecule has 1 aromatic carbocycles. The SMILES string of the molecule is COC(=O)c1ccc(CC(C(=O)O)c2ccc(Cl)s2)cc1. The van der Waals surface area contributed by atoms with Crippen molar-refractivity contribution >= 4 is 34.9 Å². The molecule has 6 heteroatoms. The normalized spacial score (nSPS) is 11.9. The number of carbonyl (C=O) groups is 2. The average Bonchev–Trinajstić information content (AvgIpc) is 2.90. The van der Waals surface area contributed by atoms with Gasteiger partial charge >= 0.3 is 11.9 Å². The second kappa shape index (κ2) is 6.74. The van der Waals surface area contributed by atoms with Gasteiger partial charge in [-0.3, -0.25) is 4.79 Å². The molecule has 0 saturated heterocycles. The zero-order valence-corrected chi connectivity index (χ0v) is 12.8. The molecule has 0 spiro atoms. The van der Waals surface area contributed by atoms with Crippen molar-refractivity contribution in [3.63, 3.8) is 0 Å². The number of aliphatic carboxylic acids is 1. The Kier molecular flexibility index (Phi) is 4.98. The maximum atomic E-state index is 11.4. The van der Waals surface area contributed by atoms with E-state index in [1.165, 1.54) is 18.4 Å². The number of carbonyl (C=O) groups excluding carboxylic acids is 1. The van der Waals surface area contributed by atoms with Crippen LogP contribution in [0.15, 0.2) is 36.4 Å². The van der Waals surface area contributed by atoms with Crippen molar-refractivity contribution in [2.75, 3.05) is 7.11 Å². The van der Waals surface area contributed by atoms with Gasteiger partial charge in [-0.1, -0.05) is 23.7 Å². The van der Waals surface area contributed by atoms with E-state index in [2.05, 4.69) is 4.74 Å². The molecule has 0 aliphatic carbocycles. The first kappa shape index (κ1) is 15.5. The molecule has 0 bridgehead atoms. The second-order valence-electron chi connectivity index (χ2n) is 4.43. The first-order valence-electron chi connectivity index (χ1n) is 6.16. The van der Waals surface area contributed by atoms with Gasteiger partial charge in [0.1, 0.15) is 0 Å². The van der Waals surface area contributed by atoms with Gasteiger partial charge in [-0.2, -0.15) is 0 Å². The monoisotopic (exact) mass is 324 g/mol. The van der Waals surface area contributed by atoms with E-state index in [0.717, 1.165) is 5.56 Å². The second-order valence-corrected chi connectivity index (χ2v) is 6.17. The summed E-state index contributed by atoms with van der Waals surface area (Å²) in [6, 6.07) is 10.1. The fraction of sp³-hybridized carbons (Fsp3) is 0.200. The van der Waals surface area contributed by atoms with E-state index < -0.39 is 17.9 Å². The van der Waals surface area contributed by atoms with E-state index in [-0.39, 0.29) is 0 Å². The molecule has 0 aliphatic rings. The van der Waals surface area contributed by atoms with Gasteiger partial charge in [0.05, 0.1) is 22.9 Å². The van der Waals surface area contributed by atoms with Gasteiger partial charge in [0.15, 0.2) is 0 Å². The number of ether oxygens (including phenoxy) is 1. The molecule has 0 amide bonds. The Morgan fingerprint density at radius 1 is 1.24 bits per heavy atom. The summed E-state index contributed by atoms with van der Waals surface area (Å²) in [5, 5.41) is 9.37. The van der Waals surface area contributed by atoms with Gasteiger partial charge in [0, 0.05) is 4.88 Å². The number of hydrogen-bond acceptors (Lipinski definition) is 4. The van der Waals surface area contributed by atoms with Gasteiger partial charge in [-0.15, -0.1) is 11.3 Å². The number of halogens is 1. The number of carboxylic acid groups (broad SMARTS) is 1. The highest BCUT2D eigenvalue weighted by atomic mass is 35.5. The van der Waals surface area contributed by atoms with Crippen LogP contribution in [0.2, 0.25) is 4.34 Å². The molecular formula is C15H13ClO4S. The minimum atomic E-state index is -0.898. The average molecular weight is 325 g/mol. The number of esters is 1. The molecule has 110 valence electrons. The van der Waals surface area contributed by atoms with Crippen molar-refractivity contribution in [2.24, 2.45) is 0 Å². The summed E-state index contributed by atoms with van der Waals surface area (Å²) in [5.74, 6) is -1.96. The number of benzene rings is 1. The van der Waals surface area contributed by atoms with Crippen LogP contribution in [0.3, 0.4) is 0 Å². The van der Waals surface area contributed by atoms with Crippen molar-refractivity contribution < 1.29 is 19.4 Å². The van der Waals surface area contributed by atoms with Crippen molar-refractivity contribution in [3.8, 4) is 0 Å². The molecule has 21 heavy (non-hydrogen) atoms. The summed E-state index contributed by atoms with van der Waals surface area (Å²) < 4.78 is 5.19.